The Labute approximate surface area is 177 Å². The molecule has 0 aliphatic heterocycles. The fourth-order valence-electron chi connectivity index (χ4n) is 3.44. The van der Waals surface area contributed by atoms with Crippen molar-refractivity contribution in [1.82, 2.24) is 9.55 Å². The SMILES string of the molecule is CCC(O)c1c(F)c(Cl)nc2c1c(=O)cc(Nc1ccccc1)n2-c1ccccc1. The van der Waals surface area contributed by atoms with Gasteiger partial charge in [0.25, 0.3) is 0 Å². The summed E-state index contributed by atoms with van der Waals surface area (Å²) in [7, 11) is 0. The second kappa shape index (κ2) is 8.26. The molecule has 0 saturated carbocycles. The molecule has 2 aromatic heterocycles. The molecule has 30 heavy (non-hydrogen) atoms. The molecule has 4 aromatic rings. The standard InChI is InChI=1S/C23H19ClFN3O2/c1-2-16(29)19-20-17(30)13-18(26-14-9-5-3-6-10-14)28(15-11-7-4-8-12-15)23(20)27-22(24)21(19)25/h3-13,16,26,29H,2H2,1H3. The van der Waals surface area contributed by atoms with Crippen molar-refractivity contribution < 1.29 is 9.50 Å². The Hall–Kier alpha value is -3.22. The van der Waals surface area contributed by atoms with Gasteiger partial charge in [-0.25, -0.2) is 9.37 Å². The van der Waals surface area contributed by atoms with Gasteiger partial charge in [-0.05, 0) is 30.7 Å². The summed E-state index contributed by atoms with van der Waals surface area (Å²) < 4.78 is 16.5. The zero-order valence-corrected chi connectivity index (χ0v) is 16.9. The highest BCUT2D eigenvalue weighted by Gasteiger charge is 2.24. The summed E-state index contributed by atoms with van der Waals surface area (Å²) >= 11 is 6.09. The second-order valence-electron chi connectivity index (χ2n) is 6.81. The zero-order chi connectivity index (χ0) is 21.3. The van der Waals surface area contributed by atoms with Gasteiger partial charge in [0.1, 0.15) is 5.82 Å². The molecule has 0 radical (unpaired) electrons. The van der Waals surface area contributed by atoms with Crippen molar-refractivity contribution in [2.75, 3.05) is 5.32 Å². The summed E-state index contributed by atoms with van der Waals surface area (Å²) in [5.41, 5.74) is 1.05. The number of fused-ring (bicyclic) bond motifs is 1. The van der Waals surface area contributed by atoms with Gasteiger partial charge in [-0.2, -0.15) is 0 Å². The summed E-state index contributed by atoms with van der Waals surface area (Å²) in [5, 5.41) is 13.3. The van der Waals surface area contributed by atoms with Crippen LogP contribution in [0.4, 0.5) is 15.9 Å². The molecule has 0 spiro atoms. The average Bonchev–Trinajstić information content (AvgIpc) is 2.76. The van der Waals surface area contributed by atoms with Crippen molar-refractivity contribution in [2.24, 2.45) is 0 Å². The maximum atomic E-state index is 14.8. The molecular formula is C23H19ClFN3O2. The number of para-hydroxylation sites is 2. The van der Waals surface area contributed by atoms with Crippen molar-refractivity contribution in [2.45, 2.75) is 19.4 Å². The predicted molar refractivity (Wildman–Crippen MR) is 117 cm³/mol. The summed E-state index contributed by atoms with van der Waals surface area (Å²) in [6.07, 6.45) is -0.959. The number of hydrogen-bond acceptors (Lipinski definition) is 4. The van der Waals surface area contributed by atoms with Crippen molar-refractivity contribution in [3.05, 3.63) is 93.5 Å². The summed E-state index contributed by atoms with van der Waals surface area (Å²) in [4.78, 5) is 17.3. The van der Waals surface area contributed by atoms with Crippen LogP contribution in [-0.4, -0.2) is 14.7 Å². The number of nitrogens with zero attached hydrogens (tertiary/aromatic N) is 2. The lowest BCUT2D eigenvalue weighted by Gasteiger charge is -2.20. The number of aliphatic hydroxyl groups is 1. The number of anilines is 2. The van der Waals surface area contributed by atoms with Gasteiger partial charge in [-0.3, -0.25) is 9.36 Å². The van der Waals surface area contributed by atoms with Gasteiger partial charge in [0.15, 0.2) is 22.0 Å². The molecule has 152 valence electrons. The molecule has 0 aliphatic rings. The third-order valence-electron chi connectivity index (χ3n) is 4.86. The van der Waals surface area contributed by atoms with Gasteiger partial charge in [0, 0.05) is 23.0 Å². The molecule has 5 nitrogen and oxygen atoms in total. The van der Waals surface area contributed by atoms with Gasteiger partial charge in [-0.15, -0.1) is 0 Å². The van der Waals surface area contributed by atoms with E-state index in [1.165, 1.54) is 6.07 Å². The smallest absolute Gasteiger partial charge is 0.193 e. The van der Waals surface area contributed by atoms with E-state index in [2.05, 4.69) is 10.3 Å². The van der Waals surface area contributed by atoms with Crippen LogP contribution in [0.2, 0.25) is 5.15 Å². The zero-order valence-electron chi connectivity index (χ0n) is 16.1. The monoisotopic (exact) mass is 423 g/mol. The quantitative estimate of drug-likeness (QED) is 0.424. The fourth-order valence-corrected chi connectivity index (χ4v) is 3.62. The molecule has 2 aromatic carbocycles. The van der Waals surface area contributed by atoms with E-state index in [4.69, 9.17) is 11.6 Å². The third kappa shape index (κ3) is 3.56. The molecule has 0 amide bonds. The first kappa shape index (κ1) is 20.1. The number of aromatic nitrogens is 2. The highest BCUT2D eigenvalue weighted by Crippen LogP contribution is 2.33. The van der Waals surface area contributed by atoms with Crippen molar-refractivity contribution in [3.8, 4) is 5.69 Å². The first-order valence-electron chi connectivity index (χ1n) is 9.51. The summed E-state index contributed by atoms with van der Waals surface area (Å²) in [6, 6.07) is 20.0. The lowest BCUT2D eigenvalue weighted by molar-refractivity contribution is 0.170. The average molecular weight is 424 g/mol. The number of benzene rings is 2. The lowest BCUT2D eigenvalue weighted by atomic mass is 10.0. The highest BCUT2D eigenvalue weighted by molar-refractivity contribution is 6.30. The first-order valence-corrected chi connectivity index (χ1v) is 9.89. The molecule has 0 bridgehead atoms. The normalized spacial score (nSPS) is 12.1. The van der Waals surface area contributed by atoms with Crippen LogP contribution in [0.5, 0.6) is 0 Å². The first-order chi connectivity index (χ1) is 14.5. The molecule has 0 saturated heterocycles. The van der Waals surface area contributed by atoms with Gasteiger partial charge < -0.3 is 10.4 Å². The van der Waals surface area contributed by atoms with E-state index in [9.17, 15) is 14.3 Å². The third-order valence-corrected chi connectivity index (χ3v) is 5.11. The fraction of sp³-hybridized carbons (Fsp3) is 0.130. The van der Waals surface area contributed by atoms with Crippen LogP contribution in [0, 0.1) is 5.82 Å². The number of pyridine rings is 2. The van der Waals surface area contributed by atoms with Gasteiger partial charge in [-0.1, -0.05) is 54.9 Å². The Balaban J connectivity index is 2.11. The van der Waals surface area contributed by atoms with Crippen LogP contribution >= 0.6 is 11.6 Å². The molecule has 0 fully saturated rings. The Bertz CT molecular complexity index is 1260. The Morgan fingerprint density at radius 3 is 2.40 bits per heavy atom. The molecular weight excluding hydrogens is 405 g/mol. The number of nitrogens with one attached hydrogen (secondary N) is 1. The van der Waals surface area contributed by atoms with Crippen LogP contribution in [0.3, 0.4) is 0 Å². The van der Waals surface area contributed by atoms with E-state index >= 15 is 0 Å². The van der Waals surface area contributed by atoms with Crippen molar-refractivity contribution in [3.63, 3.8) is 0 Å². The minimum Gasteiger partial charge on any atom is -0.388 e. The van der Waals surface area contributed by atoms with E-state index in [1.54, 1.807) is 11.5 Å². The van der Waals surface area contributed by atoms with Crippen LogP contribution in [-0.2, 0) is 0 Å². The topological polar surface area (TPSA) is 67.2 Å². The molecule has 7 heteroatoms. The maximum absolute atomic E-state index is 14.8. The highest BCUT2D eigenvalue weighted by atomic mass is 35.5. The number of aliphatic hydroxyl groups excluding tert-OH is 1. The predicted octanol–water partition coefficient (Wildman–Crippen LogP) is 5.37. The van der Waals surface area contributed by atoms with Gasteiger partial charge in [0.2, 0.25) is 0 Å². The second-order valence-corrected chi connectivity index (χ2v) is 7.17. The Morgan fingerprint density at radius 2 is 1.77 bits per heavy atom. The number of halogens is 2. The van der Waals surface area contributed by atoms with Crippen molar-refractivity contribution >= 4 is 34.1 Å². The molecule has 0 aliphatic carbocycles. The largest absolute Gasteiger partial charge is 0.388 e. The Morgan fingerprint density at radius 1 is 1.13 bits per heavy atom. The number of rotatable bonds is 5. The molecule has 1 atom stereocenters. The molecule has 2 N–H and O–H groups in total. The molecule has 2 heterocycles. The van der Waals surface area contributed by atoms with E-state index < -0.39 is 22.5 Å². The van der Waals surface area contributed by atoms with Crippen LogP contribution in [0.15, 0.2) is 71.5 Å². The van der Waals surface area contributed by atoms with Crippen LogP contribution in [0.1, 0.15) is 25.0 Å². The van der Waals surface area contributed by atoms with Crippen LogP contribution in [0.25, 0.3) is 16.7 Å². The van der Waals surface area contributed by atoms with Crippen molar-refractivity contribution in [1.29, 1.82) is 0 Å². The molecule has 1 unspecified atom stereocenters. The Kier molecular flexibility index (Phi) is 5.53. The van der Waals surface area contributed by atoms with E-state index in [-0.39, 0.29) is 23.0 Å². The lowest BCUT2D eigenvalue weighted by Crippen LogP contribution is -2.17. The summed E-state index contributed by atoms with van der Waals surface area (Å²) in [5.74, 6) is -0.434. The van der Waals surface area contributed by atoms with Gasteiger partial charge in [0.05, 0.1) is 11.5 Å². The van der Waals surface area contributed by atoms with E-state index in [1.807, 2.05) is 60.7 Å². The minimum absolute atomic E-state index is 0.00807. The molecule has 4 rings (SSSR count). The van der Waals surface area contributed by atoms with Crippen LogP contribution < -0.4 is 10.7 Å². The number of hydrogen-bond donors (Lipinski definition) is 2. The van der Waals surface area contributed by atoms with Gasteiger partial charge >= 0.3 is 0 Å². The summed E-state index contributed by atoms with van der Waals surface area (Å²) in [6.45, 7) is 1.70. The minimum atomic E-state index is -1.18. The maximum Gasteiger partial charge on any atom is 0.193 e. The van der Waals surface area contributed by atoms with E-state index in [0.29, 0.717) is 11.5 Å². The van der Waals surface area contributed by atoms with E-state index in [0.717, 1.165) is 5.69 Å².